The Hall–Kier alpha value is -2.66. The van der Waals surface area contributed by atoms with Gasteiger partial charge in [-0.3, -0.25) is 4.79 Å². The molecule has 24 heavy (non-hydrogen) atoms. The number of carbonyl (C=O) groups is 2. The van der Waals surface area contributed by atoms with Gasteiger partial charge in [0.2, 0.25) is 0 Å². The minimum Gasteiger partial charge on any atom is -0.481 e. The molecule has 0 saturated carbocycles. The molecule has 0 saturated heterocycles. The Balaban J connectivity index is 1.95. The van der Waals surface area contributed by atoms with Crippen LogP contribution in [0.3, 0.4) is 0 Å². The lowest BCUT2D eigenvalue weighted by atomic mass is 10.0. The first-order valence-electron chi connectivity index (χ1n) is 7.69. The smallest absolute Gasteiger partial charge is 0.333 e. The third kappa shape index (κ3) is 4.93. The van der Waals surface area contributed by atoms with Crippen molar-refractivity contribution in [2.75, 3.05) is 6.61 Å². The van der Waals surface area contributed by atoms with Gasteiger partial charge in [0.05, 0.1) is 13.0 Å². The SMILES string of the molecule is CC(=CCCO[C@H](CC(=O)O)C(=O)O)c1ccc2ccccc2c1. The summed E-state index contributed by atoms with van der Waals surface area (Å²) >= 11 is 0. The molecule has 5 nitrogen and oxygen atoms in total. The minimum absolute atomic E-state index is 0.162. The van der Waals surface area contributed by atoms with Gasteiger partial charge < -0.3 is 14.9 Å². The number of carboxylic acids is 2. The van der Waals surface area contributed by atoms with Gasteiger partial charge in [-0.05, 0) is 41.3 Å². The Bertz CT molecular complexity index is 763. The highest BCUT2D eigenvalue weighted by Gasteiger charge is 2.21. The Morgan fingerprint density at radius 3 is 2.50 bits per heavy atom. The van der Waals surface area contributed by atoms with Gasteiger partial charge in [-0.25, -0.2) is 4.79 Å². The van der Waals surface area contributed by atoms with Crippen LogP contribution in [0.5, 0.6) is 0 Å². The third-order valence-corrected chi connectivity index (χ3v) is 3.73. The first-order valence-corrected chi connectivity index (χ1v) is 7.69. The van der Waals surface area contributed by atoms with Crippen molar-refractivity contribution in [3.05, 3.63) is 54.1 Å². The largest absolute Gasteiger partial charge is 0.481 e. The molecule has 126 valence electrons. The van der Waals surface area contributed by atoms with Crippen LogP contribution in [-0.2, 0) is 14.3 Å². The summed E-state index contributed by atoms with van der Waals surface area (Å²) in [6, 6.07) is 14.3. The van der Waals surface area contributed by atoms with E-state index in [1.165, 1.54) is 5.39 Å². The van der Waals surface area contributed by atoms with Gasteiger partial charge in [-0.15, -0.1) is 0 Å². The molecule has 5 heteroatoms. The molecular formula is C19H20O5. The van der Waals surface area contributed by atoms with Gasteiger partial charge in [0.25, 0.3) is 0 Å². The molecule has 2 aromatic rings. The van der Waals surface area contributed by atoms with Crippen molar-refractivity contribution in [1.82, 2.24) is 0 Å². The number of aliphatic carboxylic acids is 2. The maximum Gasteiger partial charge on any atom is 0.333 e. The number of rotatable bonds is 8. The number of hydrogen-bond donors (Lipinski definition) is 2. The summed E-state index contributed by atoms with van der Waals surface area (Å²) < 4.78 is 5.15. The number of ether oxygens (including phenoxy) is 1. The van der Waals surface area contributed by atoms with Crippen LogP contribution >= 0.6 is 0 Å². The zero-order valence-corrected chi connectivity index (χ0v) is 13.4. The van der Waals surface area contributed by atoms with Gasteiger partial charge in [-0.1, -0.05) is 42.5 Å². The van der Waals surface area contributed by atoms with Gasteiger partial charge in [0, 0.05) is 0 Å². The second-order valence-electron chi connectivity index (χ2n) is 5.53. The fourth-order valence-electron chi connectivity index (χ4n) is 2.41. The summed E-state index contributed by atoms with van der Waals surface area (Å²) in [5, 5.41) is 19.9. The van der Waals surface area contributed by atoms with Crippen molar-refractivity contribution in [3.8, 4) is 0 Å². The second kappa shape index (κ2) is 8.26. The van der Waals surface area contributed by atoms with Gasteiger partial charge >= 0.3 is 11.9 Å². The lowest BCUT2D eigenvalue weighted by Gasteiger charge is -2.10. The molecule has 0 aliphatic carbocycles. The molecule has 0 bridgehead atoms. The van der Waals surface area contributed by atoms with Crippen molar-refractivity contribution in [2.45, 2.75) is 25.9 Å². The average Bonchev–Trinajstić information content (AvgIpc) is 2.56. The zero-order chi connectivity index (χ0) is 17.5. The summed E-state index contributed by atoms with van der Waals surface area (Å²) in [6.07, 6.45) is 0.631. The third-order valence-electron chi connectivity index (χ3n) is 3.73. The van der Waals surface area contributed by atoms with E-state index in [4.69, 9.17) is 14.9 Å². The quantitative estimate of drug-likeness (QED) is 0.724. The lowest BCUT2D eigenvalue weighted by Crippen LogP contribution is -2.27. The molecule has 0 aliphatic heterocycles. The lowest BCUT2D eigenvalue weighted by molar-refractivity contribution is -0.156. The highest BCUT2D eigenvalue weighted by molar-refractivity contribution is 5.86. The van der Waals surface area contributed by atoms with E-state index in [9.17, 15) is 9.59 Å². The monoisotopic (exact) mass is 328 g/mol. The predicted molar refractivity (Wildman–Crippen MR) is 91.8 cm³/mol. The molecule has 0 unspecified atom stereocenters. The molecule has 0 heterocycles. The molecule has 1 atom stereocenters. The molecular weight excluding hydrogens is 308 g/mol. The van der Waals surface area contributed by atoms with Crippen LogP contribution in [0.4, 0.5) is 0 Å². The maximum absolute atomic E-state index is 10.9. The Morgan fingerprint density at radius 1 is 1.12 bits per heavy atom. The fourth-order valence-corrected chi connectivity index (χ4v) is 2.41. The number of hydrogen-bond acceptors (Lipinski definition) is 3. The zero-order valence-electron chi connectivity index (χ0n) is 13.4. The van der Waals surface area contributed by atoms with Crippen molar-refractivity contribution < 1.29 is 24.5 Å². The number of carboxylic acid groups (broad SMARTS) is 2. The minimum atomic E-state index is -1.31. The Labute approximate surface area is 140 Å². The van der Waals surface area contributed by atoms with Gasteiger partial charge in [-0.2, -0.15) is 0 Å². The van der Waals surface area contributed by atoms with Crippen LogP contribution in [0.2, 0.25) is 0 Å². The Morgan fingerprint density at radius 2 is 1.83 bits per heavy atom. The van der Waals surface area contributed by atoms with Gasteiger partial charge in [0.15, 0.2) is 6.10 Å². The van der Waals surface area contributed by atoms with E-state index in [0.29, 0.717) is 6.42 Å². The van der Waals surface area contributed by atoms with E-state index in [0.717, 1.165) is 16.5 Å². The predicted octanol–water partition coefficient (Wildman–Crippen LogP) is 3.58. The normalized spacial score (nSPS) is 13.0. The summed E-state index contributed by atoms with van der Waals surface area (Å²) in [5.74, 6) is -2.45. The summed E-state index contributed by atoms with van der Waals surface area (Å²) in [6.45, 7) is 2.14. The molecule has 0 fully saturated rings. The molecule has 0 amide bonds. The van der Waals surface area contributed by atoms with E-state index < -0.39 is 24.5 Å². The van der Waals surface area contributed by atoms with Gasteiger partial charge in [0.1, 0.15) is 0 Å². The van der Waals surface area contributed by atoms with Crippen molar-refractivity contribution >= 4 is 28.3 Å². The topological polar surface area (TPSA) is 83.8 Å². The van der Waals surface area contributed by atoms with E-state index in [1.807, 2.05) is 31.2 Å². The van der Waals surface area contributed by atoms with Crippen molar-refractivity contribution in [1.29, 1.82) is 0 Å². The van der Waals surface area contributed by atoms with Crippen LogP contribution in [0, 0.1) is 0 Å². The summed E-state index contributed by atoms with van der Waals surface area (Å²) in [5.41, 5.74) is 2.16. The molecule has 0 aliphatic rings. The standard InChI is InChI=1S/C19H20O5/c1-13(5-4-10-24-17(19(22)23)12-18(20)21)15-9-8-14-6-2-3-7-16(14)11-15/h2-3,5-9,11,17H,4,10,12H2,1H3,(H,20,21)(H,22,23)/t17-/m1/s1. The second-order valence-corrected chi connectivity index (χ2v) is 5.53. The molecule has 2 N–H and O–H groups in total. The van der Waals surface area contributed by atoms with E-state index >= 15 is 0 Å². The maximum atomic E-state index is 10.9. The molecule has 2 rings (SSSR count). The highest BCUT2D eigenvalue weighted by atomic mass is 16.5. The molecule has 0 spiro atoms. The van der Waals surface area contributed by atoms with Crippen molar-refractivity contribution in [3.63, 3.8) is 0 Å². The Kier molecular flexibility index (Phi) is 6.09. The summed E-state index contributed by atoms with van der Waals surface area (Å²) in [4.78, 5) is 21.5. The first-order chi connectivity index (χ1) is 11.5. The van der Waals surface area contributed by atoms with Crippen LogP contribution in [0.15, 0.2) is 48.5 Å². The fraction of sp³-hybridized carbons (Fsp3) is 0.263. The highest BCUT2D eigenvalue weighted by Crippen LogP contribution is 2.21. The molecule has 0 aromatic heterocycles. The first kappa shape index (κ1) is 17.7. The average molecular weight is 328 g/mol. The van der Waals surface area contributed by atoms with Crippen LogP contribution in [0.25, 0.3) is 16.3 Å². The number of allylic oxidation sites excluding steroid dienone is 1. The van der Waals surface area contributed by atoms with E-state index in [1.54, 1.807) is 0 Å². The van der Waals surface area contributed by atoms with E-state index in [-0.39, 0.29) is 6.61 Å². The molecule has 2 aromatic carbocycles. The molecule has 0 radical (unpaired) electrons. The summed E-state index contributed by atoms with van der Waals surface area (Å²) in [7, 11) is 0. The van der Waals surface area contributed by atoms with Crippen LogP contribution < -0.4 is 0 Å². The van der Waals surface area contributed by atoms with Crippen LogP contribution in [-0.4, -0.2) is 34.9 Å². The van der Waals surface area contributed by atoms with E-state index in [2.05, 4.69) is 24.3 Å². The number of benzene rings is 2. The van der Waals surface area contributed by atoms with Crippen LogP contribution in [0.1, 0.15) is 25.3 Å². The number of fused-ring (bicyclic) bond motifs is 1. The van der Waals surface area contributed by atoms with Crippen molar-refractivity contribution in [2.24, 2.45) is 0 Å².